The van der Waals surface area contributed by atoms with Crippen molar-refractivity contribution in [3.63, 3.8) is 0 Å². The summed E-state index contributed by atoms with van der Waals surface area (Å²) in [6, 6.07) is 16.8. The lowest BCUT2D eigenvalue weighted by Gasteiger charge is -2.31. The van der Waals surface area contributed by atoms with E-state index in [0.29, 0.717) is 17.6 Å². The molecule has 142 valence electrons. The van der Waals surface area contributed by atoms with Gasteiger partial charge in [0.05, 0.1) is 10.6 Å². The number of aryl methyl sites for hydroxylation is 2. The van der Waals surface area contributed by atoms with E-state index in [1.165, 1.54) is 4.31 Å². The van der Waals surface area contributed by atoms with Gasteiger partial charge in [0.15, 0.2) is 0 Å². The van der Waals surface area contributed by atoms with Gasteiger partial charge in [-0.05, 0) is 48.9 Å². The maximum Gasteiger partial charge on any atom is 0.265 e. The van der Waals surface area contributed by atoms with Crippen LogP contribution in [0.3, 0.4) is 0 Å². The Kier molecular flexibility index (Phi) is 3.74. The van der Waals surface area contributed by atoms with Crippen molar-refractivity contribution in [1.82, 2.24) is 0 Å². The van der Waals surface area contributed by atoms with E-state index < -0.39 is 10.0 Å². The topological polar surface area (TPSA) is 57.7 Å². The SMILES string of the molecule is Cc1ccc2c(c1)CCCN2C(=O)CN1c2cccc3cccc(c23)S1(=O)=O. The van der Waals surface area contributed by atoms with Crippen molar-refractivity contribution in [3.8, 4) is 0 Å². The largest absolute Gasteiger partial charge is 0.311 e. The number of hydrogen-bond acceptors (Lipinski definition) is 3. The molecular weight excluding hydrogens is 372 g/mol. The Morgan fingerprint density at radius 2 is 1.82 bits per heavy atom. The molecule has 0 unspecified atom stereocenters. The van der Waals surface area contributed by atoms with Crippen LogP contribution in [0.1, 0.15) is 17.5 Å². The third-order valence-electron chi connectivity index (χ3n) is 5.61. The number of amides is 1. The van der Waals surface area contributed by atoms with Gasteiger partial charge in [0.25, 0.3) is 10.0 Å². The van der Waals surface area contributed by atoms with Gasteiger partial charge in [-0.15, -0.1) is 0 Å². The minimum absolute atomic E-state index is 0.191. The van der Waals surface area contributed by atoms with E-state index in [0.717, 1.165) is 35.0 Å². The number of benzene rings is 3. The standard InChI is InChI=1S/C22H20N2O3S/c1-15-10-11-18-17(13-15)7-4-12-23(18)21(25)14-24-19-8-2-5-16-6-3-9-20(22(16)19)28(24,26)27/h2-3,5-6,8-11,13H,4,7,12,14H2,1H3. The van der Waals surface area contributed by atoms with Crippen LogP contribution < -0.4 is 9.21 Å². The molecule has 0 N–H and O–H groups in total. The summed E-state index contributed by atoms with van der Waals surface area (Å²) in [5.74, 6) is -0.196. The third-order valence-corrected chi connectivity index (χ3v) is 7.42. The molecule has 0 radical (unpaired) electrons. The number of nitrogens with zero attached hydrogens (tertiary/aromatic N) is 2. The fraction of sp³-hybridized carbons (Fsp3) is 0.227. The Labute approximate surface area is 164 Å². The maximum absolute atomic E-state index is 13.2. The first-order valence-electron chi connectivity index (χ1n) is 9.41. The number of carbonyl (C=O) groups is 1. The number of rotatable bonds is 2. The molecule has 2 heterocycles. The number of fused-ring (bicyclic) bond motifs is 1. The van der Waals surface area contributed by atoms with E-state index in [2.05, 4.69) is 6.07 Å². The summed E-state index contributed by atoms with van der Waals surface area (Å²) < 4.78 is 27.5. The molecule has 3 aromatic carbocycles. The second-order valence-corrected chi connectivity index (χ2v) is 9.25. The molecule has 1 amide bonds. The van der Waals surface area contributed by atoms with Gasteiger partial charge in [0.2, 0.25) is 5.91 Å². The first-order valence-corrected chi connectivity index (χ1v) is 10.9. The van der Waals surface area contributed by atoms with Gasteiger partial charge in [-0.2, -0.15) is 0 Å². The molecule has 0 spiro atoms. The molecule has 2 aliphatic heterocycles. The second-order valence-electron chi connectivity index (χ2n) is 7.42. The van der Waals surface area contributed by atoms with Crippen molar-refractivity contribution in [2.75, 3.05) is 22.3 Å². The average Bonchev–Trinajstić information content (AvgIpc) is 2.90. The summed E-state index contributed by atoms with van der Waals surface area (Å²) in [6.45, 7) is 2.46. The van der Waals surface area contributed by atoms with Crippen LogP contribution in [0, 0.1) is 6.92 Å². The molecule has 0 bridgehead atoms. The monoisotopic (exact) mass is 392 g/mol. The summed E-state index contributed by atoms with van der Waals surface area (Å²) in [6.07, 6.45) is 1.82. The summed E-state index contributed by atoms with van der Waals surface area (Å²) in [5.41, 5.74) is 3.79. The molecule has 28 heavy (non-hydrogen) atoms. The fourth-order valence-corrected chi connectivity index (χ4v) is 5.98. The Bertz CT molecular complexity index is 1230. The molecule has 5 nitrogen and oxygen atoms in total. The molecule has 3 aromatic rings. The number of hydrogen-bond donors (Lipinski definition) is 0. The predicted octanol–water partition coefficient (Wildman–Crippen LogP) is 3.64. The van der Waals surface area contributed by atoms with Crippen molar-refractivity contribution in [2.45, 2.75) is 24.7 Å². The van der Waals surface area contributed by atoms with E-state index in [-0.39, 0.29) is 17.3 Å². The third kappa shape index (κ3) is 2.44. The summed E-state index contributed by atoms with van der Waals surface area (Å²) in [7, 11) is -3.73. The molecule has 0 fully saturated rings. The van der Waals surface area contributed by atoms with Gasteiger partial charge in [-0.25, -0.2) is 8.42 Å². The Morgan fingerprint density at radius 1 is 1.04 bits per heavy atom. The van der Waals surface area contributed by atoms with E-state index in [9.17, 15) is 13.2 Å². The lowest BCUT2D eigenvalue weighted by Crippen LogP contribution is -2.43. The Hall–Kier alpha value is -2.86. The highest BCUT2D eigenvalue weighted by Crippen LogP contribution is 2.42. The van der Waals surface area contributed by atoms with Crippen molar-refractivity contribution < 1.29 is 13.2 Å². The zero-order valence-corrected chi connectivity index (χ0v) is 16.4. The molecule has 0 saturated carbocycles. The molecule has 0 saturated heterocycles. The Morgan fingerprint density at radius 3 is 2.64 bits per heavy atom. The smallest absolute Gasteiger partial charge is 0.265 e. The van der Waals surface area contributed by atoms with Crippen molar-refractivity contribution >= 4 is 38.1 Å². The quantitative estimate of drug-likeness (QED) is 0.669. The first kappa shape index (κ1) is 17.3. The molecule has 5 rings (SSSR count). The minimum Gasteiger partial charge on any atom is -0.311 e. The van der Waals surface area contributed by atoms with Crippen LogP contribution in [0.4, 0.5) is 11.4 Å². The number of sulfonamides is 1. The number of anilines is 2. The normalized spacial score (nSPS) is 17.0. The zero-order chi connectivity index (χ0) is 19.5. The van der Waals surface area contributed by atoms with Crippen LogP contribution in [0.2, 0.25) is 0 Å². The van der Waals surface area contributed by atoms with Crippen LogP contribution in [0.25, 0.3) is 10.8 Å². The lowest BCUT2D eigenvalue weighted by molar-refractivity contribution is -0.117. The van der Waals surface area contributed by atoms with Gasteiger partial charge >= 0.3 is 0 Å². The van der Waals surface area contributed by atoms with Crippen LogP contribution in [-0.2, 0) is 21.2 Å². The van der Waals surface area contributed by atoms with Crippen molar-refractivity contribution in [3.05, 3.63) is 65.7 Å². The van der Waals surface area contributed by atoms with Crippen LogP contribution in [0.15, 0.2) is 59.5 Å². The van der Waals surface area contributed by atoms with Crippen LogP contribution in [0.5, 0.6) is 0 Å². The van der Waals surface area contributed by atoms with Gasteiger partial charge < -0.3 is 4.90 Å². The number of carbonyl (C=O) groups excluding carboxylic acids is 1. The highest BCUT2D eigenvalue weighted by molar-refractivity contribution is 7.93. The zero-order valence-electron chi connectivity index (χ0n) is 15.6. The molecule has 0 aliphatic carbocycles. The lowest BCUT2D eigenvalue weighted by atomic mass is 9.99. The van der Waals surface area contributed by atoms with E-state index in [1.807, 2.05) is 37.3 Å². The molecule has 2 aliphatic rings. The second kappa shape index (κ2) is 6.07. The highest BCUT2D eigenvalue weighted by Gasteiger charge is 2.38. The van der Waals surface area contributed by atoms with E-state index in [1.54, 1.807) is 23.1 Å². The highest BCUT2D eigenvalue weighted by atomic mass is 32.2. The maximum atomic E-state index is 13.2. The first-order chi connectivity index (χ1) is 13.5. The minimum atomic E-state index is -3.73. The summed E-state index contributed by atoms with van der Waals surface area (Å²) >= 11 is 0. The summed E-state index contributed by atoms with van der Waals surface area (Å²) in [4.78, 5) is 15.2. The van der Waals surface area contributed by atoms with Crippen LogP contribution in [-0.4, -0.2) is 27.4 Å². The molecule has 6 heteroatoms. The van der Waals surface area contributed by atoms with Gasteiger partial charge in [-0.1, -0.05) is 42.0 Å². The van der Waals surface area contributed by atoms with Gasteiger partial charge in [-0.3, -0.25) is 9.10 Å². The Balaban J connectivity index is 1.53. The molecule has 0 aromatic heterocycles. The summed E-state index contributed by atoms with van der Waals surface area (Å²) in [5, 5.41) is 1.57. The molecule has 0 atom stereocenters. The van der Waals surface area contributed by atoms with Crippen LogP contribution >= 0.6 is 0 Å². The van der Waals surface area contributed by atoms with E-state index in [4.69, 9.17) is 0 Å². The van der Waals surface area contributed by atoms with Gasteiger partial charge in [0.1, 0.15) is 6.54 Å². The van der Waals surface area contributed by atoms with Crippen molar-refractivity contribution in [2.24, 2.45) is 0 Å². The van der Waals surface area contributed by atoms with Gasteiger partial charge in [0, 0.05) is 17.6 Å². The van der Waals surface area contributed by atoms with Crippen molar-refractivity contribution in [1.29, 1.82) is 0 Å². The fourth-order valence-electron chi connectivity index (χ4n) is 4.32. The average molecular weight is 392 g/mol. The molecular formula is C22H20N2O3S. The van der Waals surface area contributed by atoms with E-state index >= 15 is 0 Å². The predicted molar refractivity (Wildman–Crippen MR) is 110 cm³/mol.